The van der Waals surface area contributed by atoms with Gasteiger partial charge in [0.1, 0.15) is 0 Å². The average molecular weight is 398 g/mol. The first-order chi connectivity index (χ1) is 1.00. The van der Waals surface area contributed by atoms with Crippen molar-refractivity contribution in [3.63, 3.8) is 0 Å². The second-order valence-electron chi connectivity index (χ2n) is 0. The van der Waals surface area contributed by atoms with E-state index in [-0.39, 0.29) is 61.3 Å². The van der Waals surface area contributed by atoms with Crippen molar-refractivity contribution in [3.05, 3.63) is 0 Å². The molecule has 4 heteroatoms. The predicted molar refractivity (Wildman–Crippen MR) is 15.9 cm³/mol. The summed E-state index contributed by atoms with van der Waals surface area (Å²) >= 11 is 0. The zero-order chi connectivity index (χ0) is 2.00. The number of nitrogens with two attached hydrogens (primary N) is 1. The van der Waals surface area contributed by atoms with Crippen LogP contribution in [0.1, 0.15) is 0 Å². The molecule has 0 aromatic rings. The van der Waals surface area contributed by atoms with Gasteiger partial charge in [-0.05, 0) is 7.05 Å². The second kappa shape index (κ2) is 40.4. The van der Waals surface area contributed by atoms with Gasteiger partial charge in [0.2, 0.25) is 0 Å². The molecule has 0 spiro atoms. The van der Waals surface area contributed by atoms with Gasteiger partial charge in [0, 0.05) is 0 Å². The SMILES string of the molecule is CN.[Br-].[Br-].[Pb+2]. The molecule has 0 bridgehead atoms. The van der Waals surface area contributed by atoms with Gasteiger partial charge in [-0.1, -0.05) is 0 Å². The topological polar surface area (TPSA) is 26.0 Å². The summed E-state index contributed by atoms with van der Waals surface area (Å²) in [5.74, 6) is 0. The first kappa shape index (κ1) is 28.9. The van der Waals surface area contributed by atoms with Crippen molar-refractivity contribution in [1.29, 1.82) is 0 Å². The van der Waals surface area contributed by atoms with Crippen LogP contribution in [-0.4, -0.2) is 34.3 Å². The maximum absolute atomic E-state index is 4.50. The minimum absolute atomic E-state index is 0. The van der Waals surface area contributed by atoms with Crippen LogP contribution in [0.4, 0.5) is 0 Å². The van der Waals surface area contributed by atoms with Crippen LogP contribution in [-0.2, 0) is 0 Å². The van der Waals surface area contributed by atoms with Crippen molar-refractivity contribution in [2.45, 2.75) is 0 Å². The van der Waals surface area contributed by atoms with Gasteiger partial charge in [-0.15, -0.1) is 0 Å². The van der Waals surface area contributed by atoms with Gasteiger partial charge in [-0.3, -0.25) is 0 Å². The normalized spacial score (nSPS) is 1.20. The van der Waals surface area contributed by atoms with Gasteiger partial charge in [0.05, 0.1) is 0 Å². The van der Waals surface area contributed by atoms with Crippen LogP contribution >= 0.6 is 0 Å². The van der Waals surface area contributed by atoms with Crippen LogP contribution in [0, 0.1) is 0 Å². The van der Waals surface area contributed by atoms with Crippen LogP contribution in [0.2, 0.25) is 0 Å². The maximum atomic E-state index is 4.50. The molecule has 32 valence electrons. The first-order valence-corrected chi connectivity index (χ1v) is 0.577. The van der Waals surface area contributed by atoms with Crippen molar-refractivity contribution in [2.24, 2.45) is 5.73 Å². The van der Waals surface area contributed by atoms with Crippen LogP contribution in [0.15, 0.2) is 0 Å². The molecule has 0 saturated heterocycles. The largest absolute Gasteiger partial charge is 2.00 e. The van der Waals surface area contributed by atoms with E-state index in [0.717, 1.165) is 0 Å². The Balaban J connectivity index is -0.00000000167. The Morgan fingerprint density at radius 2 is 1.00 bits per heavy atom. The van der Waals surface area contributed by atoms with Gasteiger partial charge in [0.25, 0.3) is 0 Å². The van der Waals surface area contributed by atoms with E-state index in [2.05, 4.69) is 5.73 Å². The van der Waals surface area contributed by atoms with Crippen LogP contribution in [0.25, 0.3) is 0 Å². The molecule has 1 nitrogen and oxygen atoms in total. The summed E-state index contributed by atoms with van der Waals surface area (Å²) in [6.07, 6.45) is 0. The quantitative estimate of drug-likeness (QED) is 0.404. The fraction of sp³-hybridized carbons (Fsp3) is 1.00. The van der Waals surface area contributed by atoms with Gasteiger partial charge >= 0.3 is 27.3 Å². The van der Waals surface area contributed by atoms with E-state index >= 15 is 0 Å². The third kappa shape index (κ3) is 25.4. The van der Waals surface area contributed by atoms with Crippen LogP contribution in [0.5, 0.6) is 0 Å². The Morgan fingerprint density at radius 3 is 1.00 bits per heavy atom. The predicted octanol–water partition coefficient (Wildman–Crippen LogP) is -6.80. The maximum Gasteiger partial charge on any atom is 2.00 e. The van der Waals surface area contributed by atoms with E-state index < -0.39 is 0 Å². The number of rotatable bonds is 0. The molecule has 2 N–H and O–H groups in total. The Kier molecular flexibility index (Phi) is 233. The molecule has 0 saturated carbocycles. The Labute approximate surface area is 73.4 Å². The summed E-state index contributed by atoms with van der Waals surface area (Å²) in [5, 5.41) is 0. The van der Waals surface area contributed by atoms with Crippen molar-refractivity contribution in [3.8, 4) is 0 Å². The molecule has 5 heavy (non-hydrogen) atoms. The monoisotopic (exact) mass is 397 g/mol. The van der Waals surface area contributed by atoms with E-state index in [1.807, 2.05) is 0 Å². The molecule has 2 radical (unpaired) electrons. The van der Waals surface area contributed by atoms with Crippen molar-refractivity contribution in [2.75, 3.05) is 7.05 Å². The fourth-order valence-corrected chi connectivity index (χ4v) is 0. The van der Waals surface area contributed by atoms with Crippen molar-refractivity contribution >= 4 is 27.3 Å². The van der Waals surface area contributed by atoms with Crippen LogP contribution < -0.4 is 39.7 Å². The minimum Gasteiger partial charge on any atom is -1.00 e. The third-order valence-electron chi connectivity index (χ3n) is 0. The zero-order valence-corrected chi connectivity index (χ0v) is 9.89. The smallest absolute Gasteiger partial charge is 1.00 e. The Bertz CT molecular complexity index is 9.61. The molecule has 0 atom stereocenters. The summed E-state index contributed by atoms with van der Waals surface area (Å²) < 4.78 is 0. The van der Waals surface area contributed by atoms with E-state index in [4.69, 9.17) is 0 Å². The first-order valence-electron chi connectivity index (χ1n) is 0.577. The number of halogens is 2. The summed E-state index contributed by atoms with van der Waals surface area (Å²) in [7, 11) is 1.50. The summed E-state index contributed by atoms with van der Waals surface area (Å²) in [6, 6.07) is 0. The molecule has 0 amide bonds. The third-order valence-corrected chi connectivity index (χ3v) is 0. The molecule has 0 aromatic heterocycles. The summed E-state index contributed by atoms with van der Waals surface area (Å²) in [6.45, 7) is 0. The van der Waals surface area contributed by atoms with Crippen molar-refractivity contribution < 1.29 is 34.0 Å². The van der Waals surface area contributed by atoms with Gasteiger partial charge < -0.3 is 39.7 Å². The molecule has 0 aliphatic heterocycles. The van der Waals surface area contributed by atoms with E-state index in [9.17, 15) is 0 Å². The Hall–Kier alpha value is 1.84. The molecule has 0 aliphatic rings. The minimum atomic E-state index is 0. The van der Waals surface area contributed by atoms with Gasteiger partial charge in [-0.2, -0.15) is 0 Å². The second-order valence-corrected chi connectivity index (χ2v) is 0. The molecular formula is CH5Br2NPb. The fourth-order valence-electron chi connectivity index (χ4n) is 0. The zero-order valence-electron chi connectivity index (χ0n) is 2.83. The van der Waals surface area contributed by atoms with Crippen molar-refractivity contribution in [1.82, 2.24) is 0 Å². The molecular weight excluding hydrogens is 393 g/mol. The molecule has 0 aromatic carbocycles. The summed E-state index contributed by atoms with van der Waals surface area (Å²) in [5.41, 5.74) is 4.50. The van der Waals surface area contributed by atoms with E-state index in [0.29, 0.717) is 0 Å². The van der Waals surface area contributed by atoms with Gasteiger partial charge in [-0.25, -0.2) is 0 Å². The molecule has 0 fully saturated rings. The molecule has 0 unspecified atom stereocenters. The number of hydrogen-bond acceptors (Lipinski definition) is 1. The van der Waals surface area contributed by atoms with Gasteiger partial charge in [0.15, 0.2) is 0 Å². The standard InChI is InChI=1S/CH5N.2BrH.Pb/c1-2;;;/h2H2,1H3;2*1H;/q;;;+2/p-2. The average Bonchev–Trinajstić information content (AvgIpc) is 1.00. The molecule has 0 heterocycles. The van der Waals surface area contributed by atoms with Crippen LogP contribution in [0.3, 0.4) is 0 Å². The molecule has 0 rings (SSSR count). The number of hydrogen-bond donors (Lipinski definition) is 1. The Morgan fingerprint density at radius 1 is 1.00 bits per heavy atom. The molecule has 0 aliphatic carbocycles. The van der Waals surface area contributed by atoms with E-state index in [1.54, 1.807) is 0 Å². The summed E-state index contributed by atoms with van der Waals surface area (Å²) in [4.78, 5) is 0. The van der Waals surface area contributed by atoms with E-state index in [1.165, 1.54) is 7.05 Å².